The Hall–Kier alpha value is -3.78. The van der Waals surface area contributed by atoms with Crippen molar-refractivity contribution in [3.63, 3.8) is 0 Å². The zero-order chi connectivity index (χ0) is 24.1. The van der Waals surface area contributed by atoms with Crippen molar-refractivity contribution < 1.29 is 9.32 Å². The lowest BCUT2D eigenvalue weighted by Crippen LogP contribution is -2.40. The highest BCUT2D eigenvalue weighted by Gasteiger charge is 2.30. The van der Waals surface area contributed by atoms with Crippen molar-refractivity contribution in [2.24, 2.45) is 5.73 Å². The standard InChI is InChI=1S/C26H29N5O3/c1-3-21(30(16-10-15-27)25(32)20-13-8-5-9-14-20)23-28-24-22(18(2)29-34-24)26(33)31(23)17-19-11-6-4-7-12-19/h4-9,11-14,21H,3,10,15-17,27H2,1-2H3. The molecule has 4 aromatic rings. The van der Waals surface area contributed by atoms with Crippen molar-refractivity contribution >= 4 is 17.0 Å². The molecule has 1 amide bonds. The lowest BCUT2D eigenvalue weighted by atomic mass is 10.1. The molecule has 8 heteroatoms. The number of aryl methyl sites for hydroxylation is 1. The summed E-state index contributed by atoms with van der Waals surface area (Å²) < 4.78 is 7.02. The molecule has 0 bridgehead atoms. The van der Waals surface area contributed by atoms with Crippen LogP contribution in [0.1, 0.15) is 53.2 Å². The van der Waals surface area contributed by atoms with Gasteiger partial charge in [0.15, 0.2) is 0 Å². The van der Waals surface area contributed by atoms with E-state index in [0.29, 0.717) is 54.9 Å². The highest BCUT2D eigenvalue weighted by Crippen LogP contribution is 2.27. The van der Waals surface area contributed by atoms with E-state index in [1.807, 2.05) is 55.5 Å². The minimum Gasteiger partial charge on any atom is -0.335 e. The maximum absolute atomic E-state index is 13.6. The molecule has 34 heavy (non-hydrogen) atoms. The third-order valence-corrected chi connectivity index (χ3v) is 5.93. The Balaban J connectivity index is 1.87. The summed E-state index contributed by atoms with van der Waals surface area (Å²) in [6.45, 7) is 4.92. The Bertz CT molecular complexity index is 1320. The second kappa shape index (κ2) is 10.4. The van der Waals surface area contributed by atoms with E-state index >= 15 is 0 Å². The summed E-state index contributed by atoms with van der Waals surface area (Å²) in [4.78, 5) is 33.7. The molecule has 0 fully saturated rings. The van der Waals surface area contributed by atoms with Gasteiger partial charge in [0.2, 0.25) is 0 Å². The quantitative estimate of drug-likeness (QED) is 0.409. The number of rotatable bonds is 9. The van der Waals surface area contributed by atoms with Crippen molar-refractivity contribution in [3.05, 3.63) is 93.7 Å². The van der Waals surface area contributed by atoms with Crippen LogP contribution in [-0.4, -0.2) is 38.6 Å². The third kappa shape index (κ3) is 4.63. The number of hydrogen-bond donors (Lipinski definition) is 1. The highest BCUT2D eigenvalue weighted by molar-refractivity contribution is 5.94. The van der Waals surface area contributed by atoms with Gasteiger partial charge in [-0.3, -0.25) is 14.2 Å². The van der Waals surface area contributed by atoms with Crippen molar-refractivity contribution in [2.45, 2.75) is 39.3 Å². The fourth-order valence-electron chi connectivity index (χ4n) is 4.21. The average Bonchev–Trinajstić information content (AvgIpc) is 3.25. The van der Waals surface area contributed by atoms with Gasteiger partial charge in [-0.25, -0.2) is 0 Å². The number of hydrogen-bond acceptors (Lipinski definition) is 6. The van der Waals surface area contributed by atoms with E-state index in [-0.39, 0.29) is 17.2 Å². The van der Waals surface area contributed by atoms with Gasteiger partial charge in [-0.15, -0.1) is 0 Å². The molecule has 176 valence electrons. The topological polar surface area (TPSA) is 107 Å². The molecule has 2 heterocycles. The number of amides is 1. The predicted molar refractivity (Wildman–Crippen MR) is 131 cm³/mol. The minimum atomic E-state index is -0.453. The molecule has 1 unspecified atom stereocenters. The number of carbonyl (C=O) groups excluding carboxylic acids is 1. The monoisotopic (exact) mass is 459 g/mol. The Labute approximate surface area is 198 Å². The van der Waals surface area contributed by atoms with Gasteiger partial charge in [0, 0.05) is 12.1 Å². The summed E-state index contributed by atoms with van der Waals surface area (Å²) in [6.07, 6.45) is 1.19. The van der Waals surface area contributed by atoms with Gasteiger partial charge in [-0.05, 0) is 44.0 Å². The molecule has 0 radical (unpaired) electrons. The number of fused-ring (bicyclic) bond motifs is 1. The summed E-state index contributed by atoms with van der Waals surface area (Å²) in [5.41, 5.74) is 7.78. The Kier molecular flexibility index (Phi) is 7.18. The second-order valence-electron chi connectivity index (χ2n) is 8.23. The van der Waals surface area contributed by atoms with Crippen LogP contribution in [0.25, 0.3) is 11.1 Å². The molecular weight excluding hydrogens is 430 g/mol. The fraction of sp³-hybridized carbons (Fsp3) is 0.308. The Morgan fingerprint density at radius 3 is 2.44 bits per heavy atom. The lowest BCUT2D eigenvalue weighted by molar-refractivity contribution is 0.0655. The number of nitrogens with zero attached hydrogens (tertiary/aromatic N) is 4. The molecule has 8 nitrogen and oxygen atoms in total. The summed E-state index contributed by atoms with van der Waals surface area (Å²) in [5, 5.41) is 4.32. The van der Waals surface area contributed by atoms with E-state index in [4.69, 9.17) is 15.2 Å². The average molecular weight is 460 g/mol. The maximum Gasteiger partial charge on any atom is 0.267 e. The molecule has 0 spiro atoms. The van der Waals surface area contributed by atoms with E-state index in [2.05, 4.69) is 5.16 Å². The van der Waals surface area contributed by atoms with Crippen LogP contribution in [0.5, 0.6) is 0 Å². The molecular formula is C26H29N5O3. The van der Waals surface area contributed by atoms with Crippen LogP contribution in [0.2, 0.25) is 0 Å². The van der Waals surface area contributed by atoms with Crippen LogP contribution in [0.4, 0.5) is 0 Å². The van der Waals surface area contributed by atoms with Gasteiger partial charge in [0.1, 0.15) is 11.2 Å². The molecule has 0 aliphatic carbocycles. The van der Waals surface area contributed by atoms with Gasteiger partial charge < -0.3 is 15.2 Å². The Morgan fingerprint density at radius 2 is 1.79 bits per heavy atom. The first-order valence-corrected chi connectivity index (χ1v) is 11.5. The van der Waals surface area contributed by atoms with E-state index < -0.39 is 6.04 Å². The lowest BCUT2D eigenvalue weighted by Gasteiger charge is -2.32. The summed E-state index contributed by atoms with van der Waals surface area (Å²) in [5.74, 6) is 0.344. The van der Waals surface area contributed by atoms with Crippen molar-refractivity contribution in [3.8, 4) is 0 Å². The first-order chi connectivity index (χ1) is 16.5. The zero-order valence-electron chi connectivity index (χ0n) is 19.5. The molecule has 0 saturated heterocycles. The van der Waals surface area contributed by atoms with Crippen LogP contribution in [-0.2, 0) is 6.54 Å². The first-order valence-electron chi connectivity index (χ1n) is 11.5. The molecule has 0 aliphatic rings. The molecule has 2 aromatic carbocycles. The van der Waals surface area contributed by atoms with Crippen LogP contribution < -0.4 is 11.3 Å². The maximum atomic E-state index is 13.6. The molecule has 0 aliphatic heterocycles. The third-order valence-electron chi connectivity index (χ3n) is 5.93. The number of nitrogens with two attached hydrogens (primary N) is 1. The normalized spacial score (nSPS) is 12.1. The van der Waals surface area contributed by atoms with Crippen LogP contribution in [0, 0.1) is 6.92 Å². The van der Waals surface area contributed by atoms with E-state index in [9.17, 15) is 9.59 Å². The van der Waals surface area contributed by atoms with E-state index in [1.165, 1.54) is 0 Å². The van der Waals surface area contributed by atoms with Gasteiger partial charge in [-0.1, -0.05) is 60.6 Å². The van der Waals surface area contributed by atoms with Gasteiger partial charge in [0.25, 0.3) is 17.2 Å². The summed E-state index contributed by atoms with van der Waals surface area (Å²) in [7, 11) is 0. The predicted octanol–water partition coefficient (Wildman–Crippen LogP) is 3.68. The number of benzene rings is 2. The summed E-state index contributed by atoms with van der Waals surface area (Å²) in [6, 6.07) is 18.4. The molecule has 1 atom stereocenters. The van der Waals surface area contributed by atoms with Crippen LogP contribution in [0.3, 0.4) is 0 Å². The SMILES string of the molecule is CCC(c1nc2onc(C)c2c(=O)n1Cc1ccccc1)N(CCCN)C(=O)c1ccccc1. The molecule has 2 N–H and O–H groups in total. The van der Waals surface area contributed by atoms with Gasteiger partial charge in [0.05, 0.1) is 18.3 Å². The number of aromatic nitrogens is 3. The fourth-order valence-corrected chi connectivity index (χ4v) is 4.21. The summed E-state index contributed by atoms with van der Waals surface area (Å²) >= 11 is 0. The van der Waals surface area contributed by atoms with Gasteiger partial charge >= 0.3 is 0 Å². The zero-order valence-corrected chi connectivity index (χ0v) is 19.5. The van der Waals surface area contributed by atoms with Crippen molar-refractivity contribution in [2.75, 3.05) is 13.1 Å². The minimum absolute atomic E-state index is 0.129. The molecule has 4 rings (SSSR count). The smallest absolute Gasteiger partial charge is 0.267 e. The molecule has 2 aromatic heterocycles. The van der Waals surface area contributed by atoms with Crippen molar-refractivity contribution in [1.29, 1.82) is 0 Å². The van der Waals surface area contributed by atoms with E-state index in [0.717, 1.165) is 5.56 Å². The second-order valence-corrected chi connectivity index (χ2v) is 8.23. The molecule has 0 saturated carbocycles. The number of carbonyl (C=O) groups is 1. The van der Waals surface area contributed by atoms with Gasteiger partial charge in [-0.2, -0.15) is 4.98 Å². The highest BCUT2D eigenvalue weighted by atomic mass is 16.5. The van der Waals surface area contributed by atoms with E-state index in [1.54, 1.807) is 28.5 Å². The Morgan fingerprint density at radius 1 is 1.12 bits per heavy atom. The first kappa shape index (κ1) is 23.4. The van der Waals surface area contributed by atoms with Crippen LogP contribution >= 0.6 is 0 Å². The largest absolute Gasteiger partial charge is 0.335 e. The van der Waals surface area contributed by atoms with Crippen LogP contribution in [0.15, 0.2) is 70.0 Å². The van der Waals surface area contributed by atoms with Crippen molar-refractivity contribution in [1.82, 2.24) is 19.6 Å².